The van der Waals surface area contributed by atoms with Crippen molar-refractivity contribution >= 4 is 5.91 Å². The first kappa shape index (κ1) is 11.5. The average molecular weight is 209 g/mol. The van der Waals surface area contributed by atoms with Crippen LogP contribution in [-0.4, -0.2) is 24.0 Å². The third kappa shape index (κ3) is 3.95. The van der Waals surface area contributed by atoms with Crippen molar-refractivity contribution in [2.75, 3.05) is 13.1 Å². The third-order valence-corrected chi connectivity index (χ3v) is 1.95. The van der Waals surface area contributed by atoms with Crippen LogP contribution in [0.3, 0.4) is 0 Å². The molecule has 0 aliphatic rings. The molecule has 0 bridgehead atoms. The van der Waals surface area contributed by atoms with Gasteiger partial charge in [-0.15, -0.1) is 0 Å². The second-order valence-electron chi connectivity index (χ2n) is 3.19. The Balaban J connectivity index is 2.44. The van der Waals surface area contributed by atoms with Crippen LogP contribution in [0.15, 0.2) is 23.1 Å². The fourth-order valence-corrected chi connectivity index (χ4v) is 1.16. The summed E-state index contributed by atoms with van der Waals surface area (Å²) < 4.78 is 0. The number of nitrogens with one attached hydrogen (secondary N) is 2. The summed E-state index contributed by atoms with van der Waals surface area (Å²) in [6.07, 6.45) is 3.19. The minimum absolute atomic E-state index is 0.224. The fraction of sp³-hybridized carbons (Fsp3) is 0.400. The Morgan fingerprint density at radius 1 is 1.47 bits per heavy atom. The lowest BCUT2D eigenvalue weighted by atomic mass is 10.2. The SMILES string of the molecule is NCCCCNC(=O)c1cc[nH]c(=O)c1. The molecule has 4 N–H and O–H groups in total. The molecule has 0 unspecified atom stereocenters. The molecule has 0 spiro atoms. The van der Waals surface area contributed by atoms with E-state index in [1.54, 1.807) is 6.07 Å². The molecule has 1 amide bonds. The van der Waals surface area contributed by atoms with Crippen LogP contribution >= 0.6 is 0 Å². The summed E-state index contributed by atoms with van der Waals surface area (Å²) in [5.74, 6) is -0.224. The maximum Gasteiger partial charge on any atom is 0.251 e. The highest BCUT2D eigenvalue weighted by Gasteiger charge is 2.03. The van der Waals surface area contributed by atoms with Crippen molar-refractivity contribution in [3.8, 4) is 0 Å². The molecule has 1 aromatic rings. The predicted octanol–water partition coefficient (Wildman–Crippen LogP) is -0.156. The number of H-pyrrole nitrogens is 1. The van der Waals surface area contributed by atoms with Crippen LogP contribution in [0.4, 0.5) is 0 Å². The molecule has 1 aromatic heterocycles. The van der Waals surface area contributed by atoms with Gasteiger partial charge in [0.2, 0.25) is 5.56 Å². The van der Waals surface area contributed by atoms with E-state index >= 15 is 0 Å². The van der Waals surface area contributed by atoms with E-state index in [0.717, 1.165) is 12.8 Å². The molecule has 0 saturated heterocycles. The van der Waals surface area contributed by atoms with Crippen LogP contribution in [0.2, 0.25) is 0 Å². The second kappa shape index (κ2) is 5.98. The summed E-state index contributed by atoms with van der Waals surface area (Å²) in [5, 5.41) is 2.71. The Bertz CT molecular complexity index is 373. The first-order valence-corrected chi connectivity index (χ1v) is 4.91. The van der Waals surface area contributed by atoms with Crippen LogP contribution in [0.1, 0.15) is 23.2 Å². The summed E-state index contributed by atoms with van der Waals surface area (Å²) in [5.41, 5.74) is 5.43. The fourth-order valence-electron chi connectivity index (χ4n) is 1.16. The second-order valence-corrected chi connectivity index (χ2v) is 3.19. The number of pyridine rings is 1. The van der Waals surface area contributed by atoms with Crippen LogP contribution in [0, 0.1) is 0 Å². The van der Waals surface area contributed by atoms with E-state index in [2.05, 4.69) is 10.3 Å². The molecule has 0 radical (unpaired) electrons. The smallest absolute Gasteiger partial charge is 0.251 e. The lowest BCUT2D eigenvalue weighted by Gasteiger charge is -2.03. The maximum atomic E-state index is 11.5. The number of aromatic amines is 1. The van der Waals surface area contributed by atoms with Gasteiger partial charge in [-0.3, -0.25) is 9.59 Å². The van der Waals surface area contributed by atoms with Gasteiger partial charge in [0.1, 0.15) is 0 Å². The summed E-state index contributed by atoms with van der Waals surface area (Å²) in [4.78, 5) is 24.8. The van der Waals surface area contributed by atoms with Crippen LogP contribution in [0.25, 0.3) is 0 Å². The molecule has 15 heavy (non-hydrogen) atoms. The Kier molecular flexibility index (Phi) is 4.56. The first-order chi connectivity index (χ1) is 7.24. The van der Waals surface area contributed by atoms with Gasteiger partial charge in [-0.2, -0.15) is 0 Å². The van der Waals surface area contributed by atoms with E-state index in [0.29, 0.717) is 18.7 Å². The van der Waals surface area contributed by atoms with Gasteiger partial charge in [0.15, 0.2) is 0 Å². The molecule has 0 saturated carbocycles. The van der Waals surface area contributed by atoms with E-state index in [9.17, 15) is 9.59 Å². The van der Waals surface area contributed by atoms with E-state index in [1.807, 2.05) is 0 Å². The molecule has 0 aliphatic heterocycles. The molecule has 1 heterocycles. The normalized spacial score (nSPS) is 9.93. The van der Waals surface area contributed by atoms with Crippen molar-refractivity contribution < 1.29 is 4.79 Å². The maximum absolute atomic E-state index is 11.5. The van der Waals surface area contributed by atoms with E-state index in [4.69, 9.17) is 5.73 Å². The van der Waals surface area contributed by atoms with Crippen molar-refractivity contribution in [3.63, 3.8) is 0 Å². The van der Waals surface area contributed by atoms with Gasteiger partial charge in [0, 0.05) is 24.4 Å². The number of nitrogens with two attached hydrogens (primary N) is 1. The van der Waals surface area contributed by atoms with Crippen molar-refractivity contribution in [1.82, 2.24) is 10.3 Å². The molecular weight excluding hydrogens is 194 g/mol. The Morgan fingerprint density at radius 2 is 2.27 bits per heavy atom. The molecular formula is C10H15N3O2. The van der Waals surface area contributed by atoms with Crippen LogP contribution < -0.4 is 16.6 Å². The number of carbonyl (C=O) groups is 1. The molecule has 0 fully saturated rings. The summed E-state index contributed by atoms with van der Waals surface area (Å²) in [7, 11) is 0. The Morgan fingerprint density at radius 3 is 2.93 bits per heavy atom. The van der Waals surface area contributed by atoms with Gasteiger partial charge in [0.05, 0.1) is 0 Å². The Hall–Kier alpha value is -1.62. The molecule has 82 valence electrons. The molecule has 0 aromatic carbocycles. The number of amides is 1. The monoisotopic (exact) mass is 209 g/mol. The number of carbonyl (C=O) groups excluding carboxylic acids is 1. The minimum Gasteiger partial charge on any atom is -0.352 e. The van der Waals surface area contributed by atoms with Crippen molar-refractivity contribution in [1.29, 1.82) is 0 Å². The lowest BCUT2D eigenvalue weighted by molar-refractivity contribution is 0.0953. The Labute approximate surface area is 87.7 Å². The molecule has 5 nitrogen and oxygen atoms in total. The number of rotatable bonds is 5. The van der Waals surface area contributed by atoms with Crippen LogP contribution in [-0.2, 0) is 0 Å². The number of hydrogen-bond acceptors (Lipinski definition) is 3. The summed E-state index contributed by atoms with van der Waals surface area (Å²) >= 11 is 0. The predicted molar refractivity (Wildman–Crippen MR) is 57.7 cm³/mol. The third-order valence-electron chi connectivity index (χ3n) is 1.95. The van der Waals surface area contributed by atoms with Gasteiger partial charge in [-0.25, -0.2) is 0 Å². The average Bonchev–Trinajstić information content (AvgIpc) is 2.24. The molecule has 0 aliphatic carbocycles. The number of aromatic nitrogens is 1. The first-order valence-electron chi connectivity index (χ1n) is 4.91. The standard InChI is InChI=1S/C10H15N3O2/c11-4-1-2-5-13-10(15)8-3-6-12-9(14)7-8/h3,6-7H,1-2,4-5,11H2,(H,12,14)(H,13,15). The van der Waals surface area contributed by atoms with Crippen molar-refractivity contribution in [2.45, 2.75) is 12.8 Å². The number of unbranched alkanes of at least 4 members (excludes halogenated alkanes) is 1. The van der Waals surface area contributed by atoms with Gasteiger partial charge >= 0.3 is 0 Å². The molecule has 0 atom stereocenters. The summed E-state index contributed by atoms with van der Waals surface area (Å²) in [6, 6.07) is 2.85. The topological polar surface area (TPSA) is 88.0 Å². The van der Waals surface area contributed by atoms with Crippen LogP contribution in [0.5, 0.6) is 0 Å². The van der Waals surface area contributed by atoms with E-state index in [1.165, 1.54) is 12.3 Å². The zero-order valence-corrected chi connectivity index (χ0v) is 8.45. The zero-order chi connectivity index (χ0) is 11.1. The largest absolute Gasteiger partial charge is 0.352 e. The highest BCUT2D eigenvalue weighted by Crippen LogP contribution is 1.93. The van der Waals surface area contributed by atoms with Gasteiger partial charge in [-0.05, 0) is 25.5 Å². The van der Waals surface area contributed by atoms with Crippen molar-refractivity contribution in [2.24, 2.45) is 5.73 Å². The quantitative estimate of drug-likeness (QED) is 0.589. The van der Waals surface area contributed by atoms with Gasteiger partial charge in [0.25, 0.3) is 5.91 Å². The van der Waals surface area contributed by atoms with E-state index < -0.39 is 0 Å². The minimum atomic E-state index is -0.274. The van der Waals surface area contributed by atoms with E-state index in [-0.39, 0.29) is 11.5 Å². The zero-order valence-electron chi connectivity index (χ0n) is 8.45. The summed E-state index contributed by atoms with van der Waals surface area (Å²) in [6.45, 7) is 1.21. The van der Waals surface area contributed by atoms with Gasteiger partial charge in [-0.1, -0.05) is 0 Å². The highest BCUT2D eigenvalue weighted by molar-refractivity contribution is 5.93. The number of hydrogen-bond donors (Lipinski definition) is 3. The molecule has 5 heteroatoms. The van der Waals surface area contributed by atoms with Crippen molar-refractivity contribution in [3.05, 3.63) is 34.2 Å². The van der Waals surface area contributed by atoms with Gasteiger partial charge < -0.3 is 16.0 Å². The lowest BCUT2D eigenvalue weighted by Crippen LogP contribution is -2.26. The highest BCUT2D eigenvalue weighted by atomic mass is 16.2. The molecule has 1 rings (SSSR count).